The van der Waals surface area contributed by atoms with Gasteiger partial charge in [0.25, 0.3) is 0 Å². The molecule has 0 spiro atoms. The molecule has 4 saturated carbocycles. The molecule has 0 unspecified atom stereocenters. The minimum absolute atomic E-state index is 0.149. The Morgan fingerprint density at radius 3 is 1.92 bits per heavy atom. The van der Waals surface area contributed by atoms with E-state index in [1.165, 1.54) is 38.5 Å². The van der Waals surface area contributed by atoms with E-state index in [1.54, 1.807) is 12.1 Å². The molecule has 0 saturated heterocycles. The predicted octanol–water partition coefficient (Wildman–Crippen LogP) is 5.23. The summed E-state index contributed by atoms with van der Waals surface area (Å²) in [7, 11) is 0. The fourth-order valence-electron chi connectivity index (χ4n) is 6.39. The minimum atomic E-state index is -0.906. The third-order valence-electron chi connectivity index (χ3n) is 7.07. The summed E-state index contributed by atoms with van der Waals surface area (Å²) in [6.45, 7) is 0. The number of hydrogen-bond donors (Lipinski definition) is 2. The molecule has 0 atom stereocenters. The van der Waals surface area contributed by atoms with Crippen LogP contribution in [0.4, 0.5) is 0 Å². The molecule has 3 nitrogen and oxygen atoms in total. The maximum absolute atomic E-state index is 11.1. The molecule has 0 amide bonds. The first kappa shape index (κ1) is 15.9. The van der Waals surface area contributed by atoms with Crippen LogP contribution in [0.5, 0.6) is 5.75 Å². The molecule has 3 heteroatoms. The standard InChI is InChI=1S/C23H24O3/c24-21-6-5-19(17-1-3-18(4-2-17)22(25)26)10-20(21)23-11-14-7-15(12-23)9-16(8-14)13-23/h1-6,10,14-16,24H,7-9,11-13H2,(H,25,26). The van der Waals surface area contributed by atoms with Crippen molar-refractivity contribution in [2.45, 2.75) is 43.9 Å². The van der Waals surface area contributed by atoms with Crippen molar-refractivity contribution in [3.05, 3.63) is 53.6 Å². The van der Waals surface area contributed by atoms with Gasteiger partial charge < -0.3 is 10.2 Å². The van der Waals surface area contributed by atoms with Crippen LogP contribution in [0.25, 0.3) is 11.1 Å². The molecule has 4 bridgehead atoms. The highest BCUT2D eigenvalue weighted by molar-refractivity contribution is 5.88. The van der Waals surface area contributed by atoms with Crippen LogP contribution >= 0.6 is 0 Å². The van der Waals surface area contributed by atoms with Crippen LogP contribution in [0.15, 0.2) is 42.5 Å². The Balaban J connectivity index is 1.54. The van der Waals surface area contributed by atoms with Crippen LogP contribution in [0.1, 0.15) is 54.4 Å². The summed E-state index contributed by atoms with van der Waals surface area (Å²) in [6, 6.07) is 12.9. The molecule has 26 heavy (non-hydrogen) atoms. The second kappa shape index (κ2) is 5.60. The number of carboxylic acids is 1. The zero-order valence-electron chi connectivity index (χ0n) is 14.8. The number of hydrogen-bond acceptors (Lipinski definition) is 2. The zero-order valence-corrected chi connectivity index (χ0v) is 14.8. The van der Waals surface area contributed by atoms with Crippen molar-refractivity contribution in [3.63, 3.8) is 0 Å². The molecule has 4 aliphatic carbocycles. The number of phenolic OH excluding ortho intramolecular Hbond substituents is 1. The molecule has 0 aromatic heterocycles. The Kier molecular flexibility index (Phi) is 3.43. The van der Waals surface area contributed by atoms with E-state index in [0.717, 1.165) is 34.4 Å². The summed E-state index contributed by atoms with van der Waals surface area (Å²) in [6.07, 6.45) is 7.80. The van der Waals surface area contributed by atoms with Crippen molar-refractivity contribution >= 4 is 5.97 Å². The normalized spacial score (nSPS) is 31.9. The van der Waals surface area contributed by atoms with Gasteiger partial charge in [-0.25, -0.2) is 4.79 Å². The van der Waals surface area contributed by atoms with Gasteiger partial charge in [-0.3, -0.25) is 0 Å². The molecule has 4 aliphatic rings. The lowest BCUT2D eigenvalue weighted by Crippen LogP contribution is -2.48. The summed E-state index contributed by atoms with van der Waals surface area (Å²) < 4.78 is 0. The third kappa shape index (κ3) is 2.45. The van der Waals surface area contributed by atoms with Gasteiger partial charge in [-0.2, -0.15) is 0 Å². The van der Waals surface area contributed by atoms with Gasteiger partial charge in [0, 0.05) is 5.56 Å². The maximum atomic E-state index is 11.1. The van der Waals surface area contributed by atoms with Crippen molar-refractivity contribution in [1.29, 1.82) is 0 Å². The Labute approximate surface area is 153 Å². The molecule has 134 valence electrons. The quantitative estimate of drug-likeness (QED) is 0.799. The second-order valence-electron chi connectivity index (χ2n) is 8.81. The summed E-state index contributed by atoms with van der Waals surface area (Å²) in [5.74, 6) is 2.02. The lowest BCUT2D eigenvalue weighted by atomic mass is 9.48. The van der Waals surface area contributed by atoms with E-state index in [-0.39, 0.29) is 5.41 Å². The van der Waals surface area contributed by atoms with Crippen LogP contribution in [-0.2, 0) is 5.41 Å². The molecule has 2 N–H and O–H groups in total. The van der Waals surface area contributed by atoms with Crippen LogP contribution in [0, 0.1) is 17.8 Å². The minimum Gasteiger partial charge on any atom is -0.508 e. The van der Waals surface area contributed by atoms with E-state index in [0.29, 0.717) is 11.3 Å². The molecule has 0 aliphatic heterocycles. The Hall–Kier alpha value is -2.29. The van der Waals surface area contributed by atoms with Gasteiger partial charge >= 0.3 is 5.97 Å². The Morgan fingerprint density at radius 1 is 0.846 bits per heavy atom. The highest BCUT2D eigenvalue weighted by Crippen LogP contribution is 2.62. The number of rotatable bonds is 3. The molecular formula is C23H24O3. The van der Waals surface area contributed by atoms with Gasteiger partial charge in [-0.05, 0) is 97.1 Å². The number of aromatic carboxylic acids is 1. The monoisotopic (exact) mass is 348 g/mol. The van der Waals surface area contributed by atoms with Crippen molar-refractivity contribution in [2.24, 2.45) is 17.8 Å². The number of phenols is 1. The number of aromatic hydroxyl groups is 1. The van der Waals surface area contributed by atoms with E-state index >= 15 is 0 Å². The molecule has 4 fully saturated rings. The van der Waals surface area contributed by atoms with Crippen molar-refractivity contribution in [1.82, 2.24) is 0 Å². The van der Waals surface area contributed by atoms with Crippen LogP contribution < -0.4 is 0 Å². The molecule has 0 radical (unpaired) electrons. The predicted molar refractivity (Wildman–Crippen MR) is 100 cm³/mol. The lowest BCUT2D eigenvalue weighted by molar-refractivity contribution is -0.00611. The number of carboxylic acid groups (broad SMARTS) is 1. The van der Waals surface area contributed by atoms with Crippen LogP contribution in [0.2, 0.25) is 0 Å². The highest BCUT2D eigenvalue weighted by Gasteiger charge is 2.52. The maximum Gasteiger partial charge on any atom is 0.335 e. The number of benzene rings is 2. The first-order valence-electron chi connectivity index (χ1n) is 9.70. The van der Waals surface area contributed by atoms with Crippen LogP contribution in [0.3, 0.4) is 0 Å². The fraction of sp³-hybridized carbons (Fsp3) is 0.435. The average Bonchev–Trinajstić information content (AvgIpc) is 2.61. The Morgan fingerprint density at radius 2 is 1.38 bits per heavy atom. The highest BCUT2D eigenvalue weighted by atomic mass is 16.4. The lowest BCUT2D eigenvalue weighted by Gasteiger charge is -2.57. The van der Waals surface area contributed by atoms with Gasteiger partial charge in [0.05, 0.1) is 5.56 Å². The van der Waals surface area contributed by atoms with Gasteiger partial charge in [-0.1, -0.05) is 18.2 Å². The summed E-state index contributed by atoms with van der Waals surface area (Å²) in [4.78, 5) is 11.1. The number of carbonyl (C=O) groups is 1. The fourth-order valence-corrected chi connectivity index (χ4v) is 6.39. The van der Waals surface area contributed by atoms with Crippen molar-refractivity contribution in [2.75, 3.05) is 0 Å². The van der Waals surface area contributed by atoms with Crippen molar-refractivity contribution in [3.8, 4) is 16.9 Å². The first-order valence-corrected chi connectivity index (χ1v) is 9.70. The first-order chi connectivity index (χ1) is 12.5. The van der Waals surface area contributed by atoms with Gasteiger partial charge in [0.1, 0.15) is 5.75 Å². The molecule has 2 aromatic carbocycles. The third-order valence-corrected chi connectivity index (χ3v) is 7.07. The van der Waals surface area contributed by atoms with Gasteiger partial charge in [0.15, 0.2) is 0 Å². The van der Waals surface area contributed by atoms with E-state index in [4.69, 9.17) is 5.11 Å². The summed E-state index contributed by atoms with van der Waals surface area (Å²) in [5.41, 5.74) is 3.63. The Bertz CT molecular complexity index is 830. The second-order valence-corrected chi connectivity index (χ2v) is 8.81. The van der Waals surface area contributed by atoms with E-state index in [1.807, 2.05) is 24.3 Å². The average molecular weight is 348 g/mol. The van der Waals surface area contributed by atoms with E-state index < -0.39 is 5.97 Å². The topological polar surface area (TPSA) is 57.5 Å². The van der Waals surface area contributed by atoms with Crippen LogP contribution in [-0.4, -0.2) is 16.2 Å². The van der Waals surface area contributed by atoms with E-state index in [9.17, 15) is 9.90 Å². The largest absolute Gasteiger partial charge is 0.508 e. The van der Waals surface area contributed by atoms with Gasteiger partial charge in [-0.15, -0.1) is 0 Å². The zero-order chi connectivity index (χ0) is 17.9. The van der Waals surface area contributed by atoms with Crippen molar-refractivity contribution < 1.29 is 15.0 Å². The summed E-state index contributed by atoms with van der Waals surface area (Å²) >= 11 is 0. The summed E-state index contributed by atoms with van der Waals surface area (Å²) in [5, 5.41) is 19.8. The molecule has 2 aromatic rings. The smallest absolute Gasteiger partial charge is 0.335 e. The molecule has 0 heterocycles. The van der Waals surface area contributed by atoms with Gasteiger partial charge in [0.2, 0.25) is 0 Å². The van der Waals surface area contributed by atoms with E-state index in [2.05, 4.69) is 6.07 Å². The molecular weight excluding hydrogens is 324 g/mol. The molecule has 6 rings (SSSR count). The SMILES string of the molecule is O=C(O)c1ccc(-c2ccc(O)c(C34CC5CC(CC(C5)C3)C4)c2)cc1.